The first-order valence-electron chi connectivity index (χ1n) is 8.88. The van der Waals surface area contributed by atoms with Crippen molar-refractivity contribution in [3.8, 4) is 28.1 Å². The average molecular weight is 348 g/mol. The predicted octanol–water partition coefficient (Wildman–Crippen LogP) is 1.79. The minimum Gasteiger partial charge on any atom is -0.507 e. The minimum atomic E-state index is 0.188. The Morgan fingerprint density at radius 1 is 1.08 bits per heavy atom. The van der Waals surface area contributed by atoms with Crippen LogP contribution in [0.5, 0.6) is 5.75 Å². The van der Waals surface area contributed by atoms with E-state index in [1.165, 1.54) is 6.42 Å². The van der Waals surface area contributed by atoms with Gasteiger partial charge in [0.1, 0.15) is 5.75 Å². The molecule has 7 nitrogen and oxygen atoms in total. The Hall–Kier alpha value is -2.77. The third-order valence-corrected chi connectivity index (χ3v) is 5.21. The monoisotopic (exact) mass is 348 g/mol. The summed E-state index contributed by atoms with van der Waals surface area (Å²) in [7, 11) is 0. The highest BCUT2D eigenvalue weighted by Gasteiger charge is 2.36. The van der Waals surface area contributed by atoms with Gasteiger partial charge in [0.2, 0.25) is 0 Å². The van der Waals surface area contributed by atoms with Crippen LogP contribution in [0.2, 0.25) is 0 Å². The zero-order chi connectivity index (χ0) is 17.5. The number of nitrogens with one attached hydrogen (secondary N) is 2. The van der Waals surface area contributed by atoms with Crippen LogP contribution in [0.25, 0.3) is 22.4 Å². The van der Waals surface area contributed by atoms with Gasteiger partial charge < -0.3 is 10.4 Å². The molecule has 2 unspecified atom stereocenters. The van der Waals surface area contributed by atoms with Crippen molar-refractivity contribution in [1.82, 2.24) is 30.6 Å². The van der Waals surface area contributed by atoms with Gasteiger partial charge in [-0.3, -0.25) is 10.00 Å². The van der Waals surface area contributed by atoms with Gasteiger partial charge >= 0.3 is 0 Å². The van der Waals surface area contributed by atoms with Crippen molar-refractivity contribution < 1.29 is 5.11 Å². The smallest absolute Gasteiger partial charge is 0.125 e. The number of hydrogen-bond acceptors (Lipinski definition) is 6. The van der Waals surface area contributed by atoms with Crippen molar-refractivity contribution >= 4 is 0 Å². The number of rotatable bonds is 4. The molecule has 0 radical (unpaired) electrons. The first-order chi connectivity index (χ1) is 12.7. The Bertz CT molecular complexity index is 892. The zero-order valence-corrected chi connectivity index (χ0v) is 14.3. The summed E-state index contributed by atoms with van der Waals surface area (Å²) in [6, 6.07) is 10.8. The summed E-state index contributed by atoms with van der Waals surface area (Å²) in [6.07, 6.45) is 4.82. The molecule has 0 amide bonds. The highest BCUT2D eigenvalue weighted by molar-refractivity contribution is 5.73. The van der Waals surface area contributed by atoms with E-state index in [0.29, 0.717) is 23.3 Å². The van der Waals surface area contributed by atoms with E-state index < -0.39 is 0 Å². The second-order valence-electron chi connectivity index (χ2n) is 7.12. The third-order valence-electron chi connectivity index (χ3n) is 5.21. The maximum atomic E-state index is 10.4. The SMILES string of the molecule is Oc1cc(-c2cn[nH]c2)ccc1-c1ccc(CN2CC3CC(C2)N3)nn1. The first-order valence-corrected chi connectivity index (χ1v) is 8.88. The number of aromatic amines is 1. The molecular formula is C19H20N6O. The van der Waals surface area contributed by atoms with Crippen LogP contribution in [0, 0.1) is 0 Å². The van der Waals surface area contributed by atoms with Crippen LogP contribution < -0.4 is 5.32 Å². The van der Waals surface area contributed by atoms with Crippen molar-refractivity contribution in [2.45, 2.75) is 25.0 Å². The van der Waals surface area contributed by atoms with Crippen LogP contribution in [0.1, 0.15) is 12.1 Å². The molecular weight excluding hydrogens is 328 g/mol. The zero-order valence-electron chi connectivity index (χ0n) is 14.3. The Balaban J connectivity index is 1.32. The van der Waals surface area contributed by atoms with Crippen molar-refractivity contribution in [1.29, 1.82) is 0 Å². The predicted molar refractivity (Wildman–Crippen MR) is 97.3 cm³/mol. The molecule has 3 aliphatic rings. The number of hydrogen-bond donors (Lipinski definition) is 3. The fourth-order valence-electron chi connectivity index (χ4n) is 3.89. The number of aromatic hydroxyl groups is 1. The summed E-state index contributed by atoms with van der Waals surface area (Å²) < 4.78 is 0. The van der Waals surface area contributed by atoms with E-state index in [0.717, 1.165) is 36.5 Å². The van der Waals surface area contributed by atoms with Crippen molar-refractivity contribution in [3.63, 3.8) is 0 Å². The number of H-pyrrole nitrogens is 1. The molecule has 3 saturated heterocycles. The summed E-state index contributed by atoms with van der Waals surface area (Å²) in [5.74, 6) is 0.188. The highest BCUT2D eigenvalue weighted by Crippen LogP contribution is 2.32. The van der Waals surface area contributed by atoms with Crippen LogP contribution in [0.4, 0.5) is 0 Å². The van der Waals surface area contributed by atoms with Gasteiger partial charge in [0.15, 0.2) is 0 Å². The molecule has 132 valence electrons. The van der Waals surface area contributed by atoms with Gasteiger partial charge in [-0.2, -0.15) is 15.3 Å². The molecule has 2 aromatic heterocycles. The van der Waals surface area contributed by atoms with Crippen LogP contribution in [0.3, 0.4) is 0 Å². The number of piperidine rings is 1. The lowest BCUT2D eigenvalue weighted by atomic mass is 9.91. The summed E-state index contributed by atoms with van der Waals surface area (Å²) in [5, 5.41) is 29.3. The number of benzene rings is 1. The molecule has 2 atom stereocenters. The number of piperazine rings is 1. The Morgan fingerprint density at radius 2 is 1.92 bits per heavy atom. The molecule has 2 bridgehead atoms. The summed E-state index contributed by atoms with van der Waals surface area (Å²) >= 11 is 0. The number of phenols is 1. The van der Waals surface area contributed by atoms with E-state index in [9.17, 15) is 5.11 Å². The molecule has 0 aliphatic carbocycles. The van der Waals surface area contributed by atoms with Gasteiger partial charge in [-0.1, -0.05) is 6.07 Å². The Morgan fingerprint density at radius 3 is 2.58 bits per heavy atom. The lowest BCUT2D eigenvalue weighted by Crippen LogP contribution is -2.66. The van der Waals surface area contributed by atoms with Crippen molar-refractivity contribution in [2.24, 2.45) is 0 Å². The van der Waals surface area contributed by atoms with Gasteiger partial charge in [0, 0.05) is 49.0 Å². The van der Waals surface area contributed by atoms with Crippen LogP contribution in [-0.2, 0) is 6.54 Å². The maximum Gasteiger partial charge on any atom is 0.125 e. The molecule has 3 fully saturated rings. The lowest BCUT2D eigenvalue weighted by Gasteiger charge is -2.48. The van der Waals surface area contributed by atoms with Crippen molar-refractivity contribution in [2.75, 3.05) is 13.1 Å². The van der Waals surface area contributed by atoms with Crippen molar-refractivity contribution in [3.05, 3.63) is 48.4 Å². The third kappa shape index (κ3) is 2.85. The second kappa shape index (κ2) is 6.19. The summed E-state index contributed by atoms with van der Waals surface area (Å²) in [5.41, 5.74) is 4.15. The normalized spacial score (nSPS) is 22.2. The largest absolute Gasteiger partial charge is 0.507 e. The topological polar surface area (TPSA) is 90.0 Å². The van der Waals surface area contributed by atoms with E-state index in [-0.39, 0.29) is 5.75 Å². The van der Waals surface area contributed by atoms with Crippen LogP contribution >= 0.6 is 0 Å². The molecule has 26 heavy (non-hydrogen) atoms. The molecule has 3 aromatic rings. The molecule has 7 heteroatoms. The van der Waals surface area contributed by atoms with Crippen LogP contribution in [0.15, 0.2) is 42.7 Å². The first kappa shape index (κ1) is 15.5. The number of aromatic nitrogens is 4. The molecule has 0 spiro atoms. The average Bonchev–Trinajstić information content (AvgIpc) is 3.17. The molecule has 6 rings (SSSR count). The van der Waals surface area contributed by atoms with Gasteiger partial charge in [0.05, 0.1) is 17.6 Å². The Labute approximate surface area is 151 Å². The molecule has 0 saturated carbocycles. The van der Waals surface area contributed by atoms with Crippen LogP contribution in [-0.4, -0.2) is 55.6 Å². The molecule has 3 N–H and O–H groups in total. The molecule has 5 heterocycles. The minimum absolute atomic E-state index is 0.188. The number of nitrogens with zero attached hydrogens (tertiary/aromatic N) is 4. The maximum absolute atomic E-state index is 10.4. The van der Waals surface area contributed by atoms with E-state index in [1.54, 1.807) is 18.5 Å². The number of fused-ring (bicyclic) bond motifs is 2. The van der Waals surface area contributed by atoms with Gasteiger partial charge in [-0.15, -0.1) is 0 Å². The lowest BCUT2D eigenvalue weighted by molar-refractivity contribution is 0.0715. The fourth-order valence-corrected chi connectivity index (χ4v) is 3.89. The van der Waals surface area contributed by atoms with E-state index in [2.05, 4.69) is 30.6 Å². The van der Waals surface area contributed by atoms with Gasteiger partial charge in [-0.05, 0) is 36.2 Å². The highest BCUT2D eigenvalue weighted by atomic mass is 16.3. The summed E-state index contributed by atoms with van der Waals surface area (Å²) in [6.45, 7) is 2.99. The van der Waals surface area contributed by atoms with E-state index in [4.69, 9.17) is 0 Å². The Kier molecular flexibility index (Phi) is 3.69. The summed E-state index contributed by atoms with van der Waals surface area (Å²) in [4.78, 5) is 2.43. The van der Waals surface area contributed by atoms with E-state index >= 15 is 0 Å². The molecule has 3 aliphatic heterocycles. The van der Waals surface area contributed by atoms with Gasteiger partial charge in [0.25, 0.3) is 0 Å². The fraction of sp³-hybridized carbons (Fsp3) is 0.316. The van der Waals surface area contributed by atoms with Gasteiger partial charge in [-0.25, -0.2) is 0 Å². The second-order valence-corrected chi connectivity index (χ2v) is 7.12. The molecule has 1 aromatic carbocycles. The quantitative estimate of drug-likeness (QED) is 0.666. The standard InChI is InChI=1S/C19H20N6O/c26-19-5-12(13-7-20-21-8-13)1-3-17(19)18-4-2-14(23-24-18)9-25-10-15-6-16(11-25)22-15/h1-5,7-8,15-16,22,26H,6,9-11H2,(H,20,21). The van der Waals surface area contributed by atoms with E-state index in [1.807, 2.05) is 24.3 Å². The number of phenolic OH excluding ortho intramolecular Hbond substituents is 1.